The van der Waals surface area contributed by atoms with Gasteiger partial charge in [-0.15, -0.1) is 0 Å². The molecule has 6 nitrogen and oxygen atoms in total. The van der Waals surface area contributed by atoms with Crippen LogP contribution in [0.25, 0.3) is 0 Å². The molecule has 2 rings (SSSR count). The summed E-state index contributed by atoms with van der Waals surface area (Å²) < 4.78 is 26.7. The van der Waals surface area contributed by atoms with E-state index in [-0.39, 0.29) is 16.5 Å². The van der Waals surface area contributed by atoms with Crippen LogP contribution in [0, 0.1) is 0 Å². The third-order valence-electron chi connectivity index (χ3n) is 3.31. The number of hydrogen-bond acceptors (Lipinski definition) is 4. The molecule has 7 heteroatoms. The van der Waals surface area contributed by atoms with Gasteiger partial charge in [0.15, 0.2) is 0 Å². The number of hydrogen-bond donors (Lipinski definition) is 3. The van der Waals surface area contributed by atoms with Gasteiger partial charge in [-0.3, -0.25) is 4.79 Å². The number of benzene rings is 1. The van der Waals surface area contributed by atoms with Gasteiger partial charge in [-0.05, 0) is 24.6 Å². The molecule has 0 spiro atoms. The predicted molar refractivity (Wildman–Crippen MR) is 81.5 cm³/mol. The molecule has 1 aliphatic rings. The van der Waals surface area contributed by atoms with Crippen molar-refractivity contribution in [2.75, 3.05) is 25.0 Å². The van der Waals surface area contributed by atoms with Gasteiger partial charge in [-0.25, -0.2) is 13.1 Å². The van der Waals surface area contributed by atoms with E-state index in [4.69, 9.17) is 0 Å². The minimum Gasteiger partial charge on any atom is -0.321 e. The predicted octanol–water partition coefficient (Wildman–Crippen LogP) is 0.843. The molecule has 1 aromatic carbocycles. The molecule has 0 aromatic heterocycles. The minimum absolute atomic E-state index is 0.0738. The van der Waals surface area contributed by atoms with Gasteiger partial charge in [0.2, 0.25) is 10.0 Å². The summed E-state index contributed by atoms with van der Waals surface area (Å²) in [6.07, 6.45) is 0. The van der Waals surface area contributed by atoms with E-state index in [1.165, 1.54) is 6.07 Å². The van der Waals surface area contributed by atoms with Gasteiger partial charge in [0, 0.05) is 25.2 Å². The van der Waals surface area contributed by atoms with E-state index in [9.17, 15) is 13.2 Å². The fourth-order valence-electron chi connectivity index (χ4n) is 1.96. The Bertz CT molecular complexity index is 674. The standard InChI is InChI=1S/C14H19N3O3S/c1-3-16-21(19,20)13-7-5-4-6-12(13)17-14(18)10(2)11-8-15-9-11/h4-7,15-16H,3,8-9H2,1-2H3,(H,17,18). The Kier molecular flexibility index (Phi) is 4.76. The summed E-state index contributed by atoms with van der Waals surface area (Å²) in [6.45, 7) is 5.15. The van der Waals surface area contributed by atoms with Crippen LogP contribution in [0.1, 0.15) is 13.8 Å². The molecule has 1 saturated heterocycles. The number of sulfonamides is 1. The molecule has 1 heterocycles. The van der Waals surface area contributed by atoms with E-state index in [1.54, 1.807) is 32.0 Å². The smallest absolute Gasteiger partial charge is 0.251 e. The van der Waals surface area contributed by atoms with Crippen LogP contribution in [0.15, 0.2) is 40.3 Å². The lowest BCUT2D eigenvalue weighted by atomic mass is 10.0. The van der Waals surface area contributed by atoms with Gasteiger partial charge in [-0.1, -0.05) is 19.1 Å². The Hall–Kier alpha value is -1.70. The Balaban J connectivity index is 2.27. The zero-order valence-electron chi connectivity index (χ0n) is 12.1. The lowest BCUT2D eigenvalue weighted by molar-refractivity contribution is -0.112. The first kappa shape index (κ1) is 15.7. The molecule has 21 heavy (non-hydrogen) atoms. The largest absolute Gasteiger partial charge is 0.321 e. The number of carbonyl (C=O) groups is 1. The molecule has 0 radical (unpaired) electrons. The maximum atomic E-state index is 12.2. The summed E-state index contributed by atoms with van der Waals surface area (Å²) in [7, 11) is -3.62. The summed E-state index contributed by atoms with van der Waals surface area (Å²) in [5.41, 5.74) is 1.96. The van der Waals surface area contributed by atoms with Gasteiger partial charge < -0.3 is 10.6 Å². The third kappa shape index (κ3) is 3.49. The highest BCUT2D eigenvalue weighted by Crippen LogP contribution is 2.21. The zero-order valence-corrected chi connectivity index (χ0v) is 12.9. The van der Waals surface area contributed by atoms with Crippen LogP contribution in [0.3, 0.4) is 0 Å². The Labute approximate surface area is 124 Å². The molecule has 0 saturated carbocycles. The minimum atomic E-state index is -3.62. The van der Waals surface area contributed by atoms with E-state index < -0.39 is 10.0 Å². The van der Waals surface area contributed by atoms with Crippen LogP contribution < -0.4 is 15.4 Å². The highest BCUT2D eigenvalue weighted by Gasteiger charge is 2.20. The SMILES string of the molecule is CCNS(=O)(=O)c1ccccc1NC(=O)C(C)=C1CNC1. The number of carbonyl (C=O) groups excluding carboxylic acids is 1. The van der Waals surface area contributed by atoms with E-state index in [0.717, 1.165) is 5.57 Å². The number of para-hydroxylation sites is 1. The second-order valence-corrected chi connectivity index (χ2v) is 6.52. The Morgan fingerprint density at radius 3 is 2.52 bits per heavy atom. The first-order chi connectivity index (χ1) is 9.95. The van der Waals surface area contributed by atoms with Crippen LogP contribution in [-0.4, -0.2) is 34.0 Å². The molecule has 0 unspecified atom stereocenters. The number of rotatable bonds is 5. The van der Waals surface area contributed by atoms with E-state index in [0.29, 0.717) is 25.2 Å². The van der Waals surface area contributed by atoms with Gasteiger partial charge in [0.05, 0.1) is 5.69 Å². The number of amides is 1. The quantitative estimate of drug-likeness (QED) is 0.704. The summed E-state index contributed by atoms with van der Waals surface area (Å²) in [5.74, 6) is -0.273. The normalized spacial score (nSPS) is 14.5. The van der Waals surface area contributed by atoms with Crippen molar-refractivity contribution >= 4 is 21.6 Å². The monoisotopic (exact) mass is 309 g/mol. The molecule has 0 aliphatic carbocycles. The molecule has 0 bridgehead atoms. The zero-order chi connectivity index (χ0) is 15.5. The highest BCUT2D eigenvalue weighted by atomic mass is 32.2. The van der Waals surface area contributed by atoms with Crippen molar-refractivity contribution in [3.05, 3.63) is 35.4 Å². The average molecular weight is 309 g/mol. The topological polar surface area (TPSA) is 87.3 Å². The number of nitrogens with one attached hydrogen (secondary N) is 3. The molecular weight excluding hydrogens is 290 g/mol. The first-order valence-electron chi connectivity index (χ1n) is 6.75. The summed E-state index contributed by atoms with van der Waals surface area (Å²) in [5, 5.41) is 5.75. The van der Waals surface area contributed by atoms with Crippen molar-refractivity contribution in [1.82, 2.24) is 10.0 Å². The van der Waals surface area contributed by atoms with Crippen molar-refractivity contribution in [2.24, 2.45) is 0 Å². The fourth-order valence-corrected chi connectivity index (χ4v) is 3.17. The molecule has 1 amide bonds. The molecule has 0 atom stereocenters. The van der Waals surface area contributed by atoms with Gasteiger partial charge in [0.25, 0.3) is 5.91 Å². The first-order valence-corrected chi connectivity index (χ1v) is 8.23. The molecule has 1 aliphatic heterocycles. The van der Waals surface area contributed by atoms with E-state index >= 15 is 0 Å². The van der Waals surface area contributed by atoms with Crippen LogP contribution in [0.5, 0.6) is 0 Å². The molecule has 114 valence electrons. The highest BCUT2D eigenvalue weighted by molar-refractivity contribution is 7.89. The third-order valence-corrected chi connectivity index (χ3v) is 4.91. The maximum absolute atomic E-state index is 12.2. The lowest BCUT2D eigenvalue weighted by Gasteiger charge is -2.21. The van der Waals surface area contributed by atoms with Crippen molar-refractivity contribution in [2.45, 2.75) is 18.7 Å². The average Bonchev–Trinajstić information content (AvgIpc) is 2.37. The second kappa shape index (κ2) is 6.38. The number of anilines is 1. The van der Waals surface area contributed by atoms with Gasteiger partial charge >= 0.3 is 0 Å². The second-order valence-electron chi connectivity index (χ2n) is 4.78. The van der Waals surface area contributed by atoms with Crippen LogP contribution in [0.2, 0.25) is 0 Å². The summed E-state index contributed by atoms with van der Waals surface area (Å²) >= 11 is 0. The summed E-state index contributed by atoms with van der Waals surface area (Å²) in [6, 6.07) is 6.37. The van der Waals surface area contributed by atoms with E-state index in [1.807, 2.05) is 0 Å². The lowest BCUT2D eigenvalue weighted by Crippen LogP contribution is -2.36. The molecule has 1 fully saturated rings. The Morgan fingerprint density at radius 1 is 1.29 bits per heavy atom. The van der Waals surface area contributed by atoms with Crippen LogP contribution in [0.4, 0.5) is 5.69 Å². The van der Waals surface area contributed by atoms with Gasteiger partial charge in [0.1, 0.15) is 4.90 Å². The maximum Gasteiger partial charge on any atom is 0.251 e. The van der Waals surface area contributed by atoms with Gasteiger partial charge in [-0.2, -0.15) is 0 Å². The molecule has 3 N–H and O–H groups in total. The fraction of sp³-hybridized carbons (Fsp3) is 0.357. The Morgan fingerprint density at radius 2 is 1.95 bits per heavy atom. The van der Waals surface area contributed by atoms with E-state index in [2.05, 4.69) is 15.4 Å². The van der Waals surface area contributed by atoms with Crippen molar-refractivity contribution < 1.29 is 13.2 Å². The molecular formula is C14H19N3O3S. The van der Waals surface area contributed by atoms with Crippen molar-refractivity contribution in [3.63, 3.8) is 0 Å². The van der Waals surface area contributed by atoms with Crippen molar-refractivity contribution in [1.29, 1.82) is 0 Å². The molecule has 1 aromatic rings. The summed E-state index contributed by atoms with van der Waals surface area (Å²) in [4.78, 5) is 12.2. The van der Waals surface area contributed by atoms with Crippen LogP contribution >= 0.6 is 0 Å². The van der Waals surface area contributed by atoms with Crippen LogP contribution in [-0.2, 0) is 14.8 Å². The van der Waals surface area contributed by atoms with Crippen molar-refractivity contribution in [3.8, 4) is 0 Å².